The quantitative estimate of drug-likeness (QED) is 0.384. The maximum Gasteiger partial charge on any atom is 0.243 e. The van der Waals surface area contributed by atoms with E-state index >= 15 is 0 Å². The van der Waals surface area contributed by atoms with Crippen molar-refractivity contribution in [3.63, 3.8) is 0 Å². The van der Waals surface area contributed by atoms with E-state index in [1.54, 1.807) is 0 Å². The molecule has 36 heavy (non-hydrogen) atoms. The molecule has 1 atom stereocenters. The molecule has 3 rings (SSSR count). The first kappa shape index (κ1) is 27.9. The van der Waals surface area contributed by atoms with Gasteiger partial charge in [0.15, 0.2) is 0 Å². The number of amides is 2. The lowest BCUT2D eigenvalue weighted by molar-refractivity contribution is -0.141. The van der Waals surface area contributed by atoms with Gasteiger partial charge >= 0.3 is 0 Å². The Morgan fingerprint density at radius 1 is 0.944 bits per heavy atom. The molecule has 0 aliphatic rings. The highest BCUT2D eigenvalue weighted by Gasteiger charge is 2.32. The Labute approximate surface area is 225 Å². The summed E-state index contributed by atoms with van der Waals surface area (Å²) < 4.78 is 28.0. The number of carbonyl (C=O) groups excluding carboxylic acids is 2. The lowest BCUT2D eigenvalue weighted by atomic mass is 10.0. The van der Waals surface area contributed by atoms with Crippen LogP contribution in [0.4, 0.5) is 0 Å². The zero-order chi connectivity index (χ0) is 26.3. The number of benzene rings is 3. The van der Waals surface area contributed by atoms with E-state index in [0.717, 1.165) is 19.9 Å². The van der Waals surface area contributed by atoms with Crippen molar-refractivity contribution in [3.8, 4) is 0 Å². The highest BCUT2D eigenvalue weighted by Crippen LogP contribution is 2.20. The summed E-state index contributed by atoms with van der Waals surface area (Å²) in [5, 5.41) is 3.05. The minimum atomic E-state index is -3.95. The Kier molecular flexibility index (Phi) is 9.67. The molecule has 0 aromatic heterocycles. The molecule has 10 heteroatoms. The van der Waals surface area contributed by atoms with Crippen molar-refractivity contribution in [3.05, 3.63) is 99.5 Å². The van der Waals surface area contributed by atoms with Crippen LogP contribution >= 0.6 is 27.5 Å². The molecule has 0 aliphatic carbocycles. The van der Waals surface area contributed by atoms with E-state index in [2.05, 4.69) is 21.2 Å². The van der Waals surface area contributed by atoms with Crippen molar-refractivity contribution in [2.24, 2.45) is 0 Å². The van der Waals surface area contributed by atoms with Crippen LogP contribution in [0.1, 0.15) is 11.1 Å². The van der Waals surface area contributed by atoms with E-state index in [1.165, 1.54) is 43.3 Å². The van der Waals surface area contributed by atoms with Crippen LogP contribution in [0.3, 0.4) is 0 Å². The summed E-state index contributed by atoms with van der Waals surface area (Å²) in [6, 6.07) is 21.7. The van der Waals surface area contributed by atoms with Gasteiger partial charge in [0.1, 0.15) is 6.04 Å². The fraction of sp³-hybridized carbons (Fsp3) is 0.231. The van der Waals surface area contributed by atoms with Crippen molar-refractivity contribution in [1.29, 1.82) is 0 Å². The van der Waals surface area contributed by atoms with Gasteiger partial charge in [-0.25, -0.2) is 8.42 Å². The summed E-state index contributed by atoms with van der Waals surface area (Å²) in [7, 11) is -1.10. The minimum absolute atomic E-state index is 0.0220. The number of likely N-dealkylation sites (N-methyl/N-ethyl adjacent to an activating group) is 2. The Hall–Kier alpha value is -2.72. The standard InChI is InChI=1S/C26H27BrClN3O4S/c1-29-26(33)24(16-19-6-4-3-5-7-19)31(17-20-8-10-21(27)11-9-20)25(32)18-30(2)36(34,35)23-14-12-22(28)13-15-23/h3-15,24H,16-18H2,1-2H3,(H,29,33)/t24-/m1/s1. The second kappa shape index (κ2) is 12.5. The molecule has 3 aromatic carbocycles. The zero-order valence-electron chi connectivity index (χ0n) is 19.9. The van der Waals surface area contributed by atoms with Gasteiger partial charge in [0.2, 0.25) is 21.8 Å². The van der Waals surface area contributed by atoms with Gasteiger partial charge in [0.25, 0.3) is 0 Å². The van der Waals surface area contributed by atoms with Crippen molar-refractivity contribution >= 4 is 49.4 Å². The maximum atomic E-state index is 13.6. The summed E-state index contributed by atoms with van der Waals surface area (Å²) in [4.78, 5) is 28.1. The van der Waals surface area contributed by atoms with Gasteiger partial charge < -0.3 is 10.2 Å². The second-order valence-corrected chi connectivity index (χ2v) is 11.6. The van der Waals surface area contributed by atoms with E-state index in [0.29, 0.717) is 5.02 Å². The number of nitrogens with zero attached hydrogens (tertiary/aromatic N) is 2. The number of nitrogens with one attached hydrogen (secondary N) is 1. The van der Waals surface area contributed by atoms with Gasteiger partial charge in [-0.1, -0.05) is 70.0 Å². The first-order valence-electron chi connectivity index (χ1n) is 11.1. The van der Waals surface area contributed by atoms with E-state index in [9.17, 15) is 18.0 Å². The number of rotatable bonds is 10. The third-order valence-corrected chi connectivity index (χ3v) is 8.26. The average Bonchev–Trinajstić information content (AvgIpc) is 2.87. The van der Waals surface area contributed by atoms with E-state index in [4.69, 9.17) is 11.6 Å². The lowest BCUT2D eigenvalue weighted by Crippen LogP contribution is -2.52. The number of hydrogen-bond acceptors (Lipinski definition) is 4. The topological polar surface area (TPSA) is 86.8 Å². The summed E-state index contributed by atoms with van der Waals surface area (Å²) in [6.45, 7) is -0.310. The first-order chi connectivity index (χ1) is 17.1. The molecule has 1 N–H and O–H groups in total. The highest BCUT2D eigenvalue weighted by atomic mass is 79.9. The lowest BCUT2D eigenvalue weighted by Gasteiger charge is -2.32. The largest absolute Gasteiger partial charge is 0.357 e. The molecule has 0 heterocycles. The number of hydrogen-bond donors (Lipinski definition) is 1. The fourth-order valence-electron chi connectivity index (χ4n) is 3.66. The van der Waals surface area contributed by atoms with E-state index in [-0.39, 0.29) is 23.8 Å². The molecule has 0 fully saturated rings. The SMILES string of the molecule is CNC(=O)[C@@H](Cc1ccccc1)N(Cc1ccc(Br)cc1)C(=O)CN(C)S(=O)(=O)c1ccc(Cl)cc1. The fourth-order valence-corrected chi connectivity index (χ4v) is 5.17. The van der Waals surface area contributed by atoms with Gasteiger partial charge in [-0.2, -0.15) is 4.31 Å². The molecule has 0 spiro atoms. The second-order valence-electron chi connectivity index (χ2n) is 8.18. The average molecular weight is 593 g/mol. The molecule has 3 aromatic rings. The molecular weight excluding hydrogens is 566 g/mol. The van der Waals surface area contributed by atoms with Crippen LogP contribution in [-0.2, 0) is 32.6 Å². The van der Waals surface area contributed by atoms with Gasteiger partial charge in [-0.05, 0) is 47.5 Å². The molecule has 0 saturated carbocycles. The highest BCUT2D eigenvalue weighted by molar-refractivity contribution is 9.10. The summed E-state index contributed by atoms with van der Waals surface area (Å²) >= 11 is 9.29. The minimum Gasteiger partial charge on any atom is -0.357 e. The normalized spacial score (nSPS) is 12.2. The summed E-state index contributed by atoms with van der Waals surface area (Å²) in [5.74, 6) is -0.838. The third kappa shape index (κ3) is 7.16. The van der Waals surface area contributed by atoms with Gasteiger partial charge in [0, 0.05) is 36.6 Å². The smallest absolute Gasteiger partial charge is 0.243 e. The molecule has 7 nitrogen and oxygen atoms in total. The summed E-state index contributed by atoms with van der Waals surface area (Å²) in [5.41, 5.74) is 1.68. The zero-order valence-corrected chi connectivity index (χ0v) is 23.1. The number of sulfonamides is 1. The predicted molar refractivity (Wildman–Crippen MR) is 144 cm³/mol. The first-order valence-corrected chi connectivity index (χ1v) is 13.7. The van der Waals surface area contributed by atoms with Crippen LogP contribution in [-0.4, -0.2) is 56.1 Å². The molecule has 0 unspecified atom stereocenters. The maximum absolute atomic E-state index is 13.6. The predicted octanol–water partition coefficient (Wildman–Crippen LogP) is 4.11. The Bertz CT molecular complexity index is 1290. The van der Waals surface area contributed by atoms with Crippen LogP contribution in [0.25, 0.3) is 0 Å². The van der Waals surface area contributed by atoms with Crippen LogP contribution in [0.2, 0.25) is 5.02 Å². The molecule has 190 valence electrons. The van der Waals surface area contributed by atoms with Crippen molar-refractivity contribution in [2.75, 3.05) is 20.6 Å². The monoisotopic (exact) mass is 591 g/mol. The van der Waals surface area contributed by atoms with Crippen molar-refractivity contribution in [1.82, 2.24) is 14.5 Å². The molecule has 0 radical (unpaired) electrons. The number of halogens is 2. The Balaban J connectivity index is 1.93. The third-order valence-electron chi connectivity index (χ3n) is 5.66. The van der Waals surface area contributed by atoms with Crippen molar-refractivity contribution < 1.29 is 18.0 Å². The molecular formula is C26H27BrClN3O4S. The van der Waals surface area contributed by atoms with Crippen LogP contribution < -0.4 is 5.32 Å². The van der Waals surface area contributed by atoms with Crippen molar-refractivity contribution in [2.45, 2.75) is 23.9 Å². The number of carbonyl (C=O) groups is 2. The van der Waals surface area contributed by atoms with Gasteiger partial charge in [-0.15, -0.1) is 0 Å². The summed E-state index contributed by atoms with van der Waals surface area (Å²) in [6.07, 6.45) is 0.274. The molecule has 0 saturated heterocycles. The molecule has 0 aliphatic heterocycles. The van der Waals surface area contributed by atoms with E-state index < -0.39 is 28.5 Å². The Morgan fingerprint density at radius 2 is 1.56 bits per heavy atom. The van der Waals surface area contributed by atoms with Gasteiger partial charge in [-0.3, -0.25) is 9.59 Å². The Morgan fingerprint density at radius 3 is 2.14 bits per heavy atom. The molecule has 2 amide bonds. The van der Waals surface area contributed by atoms with E-state index in [1.807, 2.05) is 54.6 Å². The van der Waals surface area contributed by atoms with Gasteiger partial charge in [0.05, 0.1) is 11.4 Å². The van der Waals surface area contributed by atoms with Crippen LogP contribution in [0.15, 0.2) is 88.2 Å². The van der Waals surface area contributed by atoms with Crippen LogP contribution in [0, 0.1) is 0 Å². The van der Waals surface area contributed by atoms with Crippen LogP contribution in [0.5, 0.6) is 0 Å². The molecule has 0 bridgehead atoms.